The van der Waals surface area contributed by atoms with Gasteiger partial charge in [0.2, 0.25) is 0 Å². The second-order valence-electron chi connectivity index (χ2n) is 6.75. The highest BCUT2D eigenvalue weighted by Crippen LogP contribution is 2.55. The summed E-state index contributed by atoms with van der Waals surface area (Å²) in [5.74, 6) is 0.0949. The lowest BCUT2D eigenvalue weighted by atomic mass is 9.54. The van der Waals surface area contributed by atoms with Crippen LogP contribution < -0.4 is 15.4 Å². The summed E-state index contributed by atoms with van der Waals surface area (Å²) in [4.78, 5) is 12.0. The molecule has 1 aromatic rings. The smallest absolute Gasteiger partial charge is 0.387 e. The van der Waals surface area contributed by atoms with Gasteiger partial charge in [-0.2, -0.15) is 8.78 Å². The van der Waals surface area contributed by atoms with Gasteiger partial charge in [0.1, 0.15) is 5.75 Å². The molecule has 0 saturated heterocycles. The maximum atomic E-state index is 12.2. The zero-order valence-electron chi connectivity index (χ0n) is 13.1. The Labute approximate surface area is 134 Å². The first-order valence-electron chi connectivity index (χ1n) is 8.08. The lowest BCUT2D eigenvalue weighted by Gasteiger charge is -2.54. The van der Waals surface area contributed by atoms with Crippen LogP contribution in [0.4, 0.5) is 13.6 Å². The van der Waals surface area contributed by atoms with Gasteiger partial charge in [0, 0.05) is 6.04 Å². The fourth-order valence-electron chi connectivity index (χ4n) is 3.64. The Bertz CT molecular complexity index is 567. The van der Waals surface area contributed by atoms with Gasteiger partial charge in [-0.3, -0.25) is 0 Å². The molecule has 4 nitrogen and oxygen atoms in total. The van der Waals surface area contributed by atoms with Gasteiger partial charge in [-0.25, -0.2) is 4.79 Å². The van der Waals surface area contributed by atoms with E-state index in [4.69, 9.17) is 0 Å². The highest BCUT2D eigenvalue weighted by atomic mass is 19.3. The second-order valence-corrected chi connectivity index (χ2v) is 6.75. The van der Waals surface area contributed by atoms with Crippen LogP contribution in [0.15, 0.2) is 24.3 Å². The second kappa shape index (κ2) is 6.34. The monoisotopic (exact) mass is 324 g/mol. The molecule has 2 aliphatic rings. The summed E-state index contributed by atoms with van der Waals surface area (Å²) < 4.78 is 28.9. The van der Waals surface area contributed by atoms with Gasteiger partial charge in [0.15, 0.2) is 0 Å². The van der Waals surface area contributed by atoms with Gasteiger partial charge < -0.3 is 15.4 Å². The molecule has 0 radical (unpaired) electrons. The lowest BCUT2D eigenvalue weighted by Crippen LogP contribution is -2.55. The summed E-state index contributed by atoms with van der Waals surface area (Å²) in [7, 11) is 0. The van der Waals surface area contributed by atoms with Crippen LogP contribution in [0.3, 0.4) is 0 Å². The normalized spacial score (nSPS) is 20.5. The van der Waals surface area contributed by atoms with Gasteiger partial charge in [0.05, 0.1) is 6.04 Å². The molecule has 0 unspecified atom stereocenters. The van der Waals surface area contributed by atoms with Crippen LogP contribution >= 0.6 is 0 Å². The summed E-state index contributed by atoms with van der Waals surface area (Å²) in [6.07, 6.45) is 6.05. The zero-order valence-corrected chi connectivity index (χ0v) is 13.1. The predicted octanol–water partition coefficient (Wildman–Crippen LogP) is 3.98. The number of alkyl halides is 2. The van der Waals surface area contributed by atoms with E-state index in [1.54, 1.807) is 12.1 Å². The SMILES string of the molecule is C[C@@H](NC(=O)NC1CC2(CCC2)C1)c1cccc(OC(F)F)c1. The highest BCUT2D eigenvalue weighted by molar-refractivity contribution is 5.75. The number of halogens is 2. The Morgan fingerprint density at radius 3 is 2.70 bits per heavy atom. The van der Waals surface area contributed by atoms with Crippen LogP contribution in [0, 0.1) is 5.41 Å². The van der Waals surface area contributed by atoms with E-state index in [0.29, 0.717) is 5.41 Å². The fourth-order valence-corrected chi connectivity index (χ4v) is 3.64. The topological polar surface area (TPSA) is 50.4 Å². The minimum atomic E-state index is -2.85. The number of hydrogen-bond donors (Lipinski definition) is 2. The first kappa shape index (κ1) is 16.0. The molecule has 126 valence electrons. The van der Waals surface area contributed by atoms with Crippen molar-refractivity contribution in [2.24, 2.45) is 5.41 Å². The number of rotatable bonds is 5. The van der Waals surface area contributed by atoms with Crippen molar-refractivity contribution in [2.45, 2.75) is 57.7 Å². The molecule has 2 aliphatic carbocycles. The Morgan fingerprint density at radius 1 is 1.35 bits per heavy atom. The summed E-state index contributed by atoms with van der Waals surface area (Å²) >= 11 is 0. The van der Waals surface area contributed by atoms with Crippen molar-refractivity contribution in [3.05, 3.63) is 29.8 Å². The van der Waals surface area contributed by atoms with Crippen molar-refractivity contribution in [2.75, 3.05) is 0 Å². The minimum Gasteiger partial charge on any atom is -0.435 e. The number of nitrogens with one attached hydrogen (secondary N) is 2. The summed E-state index contributed by atoms with van der Waals surface area (Å²) in [5, 5.41) is 5.83. The molecule has 2 N–H and O–H groups in total. The van der Waals surface area contributed by atoms with Crippen molar-refractivity contribution in [1.82, 2.24) is 10.6 Å². The number of amides is 2. The first-order chi connectivity index (χ1) is 11.0. The Morgan fingerprint density at radius 2 is 2.09 bits per heavy atom. The predicted molar refractivity (Wildman–Crippen MR) is 82.5 cm³/mol. The third-order valence-electron chi connectivity index (χ3n) is 5.04. The largest absolute Gasteiger partial charge is 0.435 e. The van der Waals surface area contributed by atoms with E-state index in [9.17, 15) is 13.6 Å². The quantitative estimate of drug-likeness (QED) is 0.861. The van der Waals surface area contributed by atoms with E-state index in [1.807, 2.05) is 6.92 Å². The zero-order chi connectivity index (χ0) is 16.4. The molecule has 0 aliphatic heterocycles. The van der Waals surface area contributed by atoms with Gasteiger partial charge in [-0.15, -0.1) is 0 Å². The van der Waals surface area contributed by atoms with E-state index in [0.717, 1.165) is 18.4 Å². The van der Waals surface area contributed by atoms with Gasteiger partial charge in [0.25, 0.3) is 0 Å². The first-order valence-corrected chi connectivity index (χ1v) is 8.08. The van der Waals surface area contributed by atoms with Crippen LogP contribution in [-0.2, 0) is 0 Å². The van der Waals surface area contributed by atoms with Crippen LogP contribution in [0.2, 0.25) is 0 Å². The van der Waals surface area contributed by atoms with E-state index in [1.165, 1.54) is 31.4 Å². The van der Waals surface area contributed by atoms with E-state index in [-0.39, 0.29) is 23.9 Å². The molecule has 3 rings (SSSR count). The summed E-state index contributed by atoms with van der Waals surface area (Å²) in [6.45, 7) is -1.04. The minimum absolute atomic E-state index is 0.0949. The molecular formula is C17H22F2N2O2. The van der Waals surface area contributed by atoms with E-state index < -0.39 is 6.61 Å². The molecule has 6 heteroatoms. The van der Waals surface area contributed by atoms with Crippen molar-refractivity contribution in [1.29, 1.82) is 0 Å². The molecule has 1 aromatic carbocycles. The third kappa shape index (κ3) is 3.74. The molecule has 0 heterocycles. The number of carbonyl (C=O) groups excluding carboxylic acids is 1. The maximum Gasteiger partial charge on any atom is 0.387 e. The van der Waals surface area contributed by atoms with E-state index in [2.05, 4.69) is 15.4 Å². The maximum absolute atomic E-state index is 12.2. The molecule has 0 aromatic heterocycles. The molecule has 1 atom stereocenters. The van der Waals surface area contributed by atoms with Gasteiger partial charge >= 0.3 is 12.6 Å². The average Bonchev–Trinajstić information content (AvgIpc) is 2.39. The Hall–Kier alpha value is -1.85. The summed E-state index contributed by atoms with van der Waals surface area (Å²) in [5.41, 5.74) is 1.24. The van der Waals surface area contributed by atoms with Crippen molar-refractivity contribution >= 4 is 6.03 Å². The molecular weight excluding hydrogens is 302 g/mol. The standard InChI is InChI=1S/C17H22F2N2O2/c1-11(12-4-2-5-14(8-12)23-15(18)19)20-16(22)21-13-9-17(10-13)6-3-7-17/h2,4-5,8,11,13,15H,3,6-7,9-10H2,1H3,(H2,20,21,22)/t11-/m1/s1. The Kier molecular flexibility index (Phi) is 4.41. The van der Waals surface area contributed by atoms with Crippen LogP contribution in [0.25, 0.3) is 0 Å². The van der Waals surface area contributed by atoms with Crippen LogP contribution in [0.5, 0.6) is 5.75 Å². The van der Waals surface area contributed by atoms with Gasteiger partial charge in [-0.1, -0.05) is 18.6 Å². The molecule has 2 amide bonds. The molecule has 2 saturated carbocycles. The fraction of sp³-hybridized carbons (Fsp3) is 0.588. The van der Waals surface area contributed by atoms with Crippen LogP contribution in [-0.4, -0.2) is 18.7 Å². The van der Waals surface area contributed by atoms with E-state index >= 15 is 0 Å². The lowest BCUT2D eigenvalue weighted by molar-refractivity contribution is -0.0499. The number of hydrogen-bond acceptors (Lipinski definition) is 2. The van der Waals surface area contributed by atoms with Crippen molar-refractivity contribution in [3.8, 4) is 5.75 Å². The number of benzene rings is 1. The third-order valence-corrected chi connectivity index (χ3v) is 5.04. The number of ether oxygens (including phenoxy) is 1. The average molecular weight is 324 g/mol. The van der Waals surface area contributed by atoms with Crippen molar-refractivity contribution < 1.29 is 18.3 Å². The Balaban J connectivity index is 1.48. The molecule has 2 fully saturated rings. The van der Waals surface area contributed by atoms with Gasteiger partial charge in [-0.05, 0) is 55.7 Å². The molecule has 1 spiro atoms. The highest BCUT2D eigenvalue weighted by Gasteiger charge is 2.48. The number of urea groups is 1. The van der Waals surface area contributed by atoms with Crippen LogP contribution in [0.1, 0.15) is 50.6 Å². The number of carbonyl (C=O) groups is 1. The summed E-state index contributed by atoms with van der Waals surface area (Å²) in [6, 6.07) is 6.16. The molecule has 0 bridgehead atoms. The molecule has 23 heavy (non-hydrogen) atoms. The van der Waals surface area contributed by atoms with Crippen molar-refractivity contribution in [3.63, 3.8) is 0 Å².